The van der Waals surface area contributed by atoms with Crippen molar-refractivity contribution in [2.75, 3.05) is 0 Å². The molecule has 0 unspecified atom stereocenters. The van der Waals surface area contributed by atoms with Crippen LogP contribution in [0.3, 0.4) is 0 Å². The van der Waals surface area contributed by atoms with Crippen molar-refractivity contribution < 1.29 is 0 Å². The molecule has 1 aliphatic rings. The van der Waals surface area contributed by atoms with Crippen molar-refractivity contribution in [3.63, 3.8) is 0 Å². The fourth-order valence-electron chi connectivity index (χ4n) is 0.591. The van der Waals surface area contributed by atoms with E-state index in [0.717, 1.165) is 12.1 Å². The minimum atomic E-state index is 1.01. The Kier molecular flexibility index (Phi) is 14.6. The van der Waals surface area contributed by atoms with Gasteiger partial charge in [0.15, 0.2) is 0 Å². The summed E-state index contributed by atoms with van der Waals surface area (Å²) in [4.78, 5) is 4.07. The van der Waals surface area contributed by atoms with Gasteiger partial charge in [0.2, 0.25) is 0 Å². The Morgan fingerprint density at radius 3 is 2.25 bits per heavy atom. The average Bonchev–Trinajstić information content (AvgIpc) is 2.40. The maximum Gasteiger partial charge on any atom is 0.0369 e. The minimum absolute atomic E-state index is 1.01. The van der Waals surface area contributed by atoms with Gasteiger partial charge in [-0.05, 0) is 19.4 Å². The Hall–Kier alpha value is -0.850. The van der Waals surface area contributed by atoms with Crippen LogP contribution in [0.15, 0.2) is 29.4 Å². The van der Waals surface area contributed by atoms with E-state index in [-0.39, 0.29) is 0 Å². The standard InChI is InChI=1S/C7H9N.2C2H6/c1-7-5-3-2-4-6-8-7;2*1-2/h3-6H,2H2,1H3;2*1-2H3. The second kappa shape index (κ2) is 12.8. The lowest BCUT2D eigenvalue weighted by Crippen LogP contribution is -1.78. The number of hydrogen-bond acceptors (Lipinski definition) is 1. The lowest BCUT2D eigenvalue weighted by atomic mass is 10.3. The smallest absolute Gasteiger partial charge is 0.0369 e. The van der Waals surface area contributed by atoms with Crippen LogP contribution in [-0.2, 0) is 0 Å². The van der Waals surface area contributed by atoms with Gasteiger partial charge in [-0.2, -0.15) is 0 Å². The fraction of sp³-hybridized carbons (Fsp3) is 0.545. The van der Waals surface area contributed by atoms with Crippen molar-refractivity contribution in [3.05, 3.63) is 24.4 Å². The quantitative estimate of drug-likeness (QED) is 0.517. The summed E-state index contributed by atoms with van der Waals surface area (Å²) in [7, 11) is 0. The highest BCUT2D eigenvalue weighted by molar-refractivity contribution is 5.93. The van der Waals surface area contributed by atoms with Gasteiger partial charge in [-0.15, -0.1) is 0 Å². The monoisotopic (exact) mass is 167 g/mol. The number of nitrogens with zero attached hydrogens (tertiary/aromatic N) is 1. The number of hydrogen-bond donors (Lipinski definition) is 0. The summed E-state index contributed by atoms with van der Waals surface area (Å²) < 4.78 is 0. The maximum absolute atomic E-state index is 4.07. The molecule has 0 radical (unpaired) electrons. The fourth-order valence-corrected chi connectivity index (χ4v) is 0.591. The molecule has 1 rings (SSSR count). The zero-order valence-electron chi connectivity index (χ0n) is 8.96. The van der Waals surface area contributed by atoms with Crippen LogP contribution in [0.4, 0.5) is 0 Å². The first-order chi connectivity index (χ1) is 5.89. The van der Waals surface area contributed by atoms with Crippen molar-refractivity contribution in [3.8, 4) is 0 Å². The van der Waals surface area contributed by atoms with Gasteiger partial charge in [0.1, 0.15) is 0 Å². The minimum Gasteiger partial charge on any atom is -0.262 e. The van der Waals surface area contributed by atoms with Crippen molar-refractivity contribution >= 4 is 5.71 Å². The highest BCUT2D eigenvalue weighted by Gasteiger charge is 1.81. The third kappa shape index (κ3) is 9.15. The van der Waals surface area contributed by atoms with Crippen LogP contribution in [0, 0.1) is 0 Å². The Bertz CT molecular complexity index is 152. The molecule has 1 heterocycles. The van der Waals surface area contributed by atoms with Crippen molar-refractivity contribution in [2.24, 2.45) is 4.99 Å². The Morgan fingerprint density at radius 2 is 1.67 bits per heavy atom. The molecule has 0 aromatic heterocycles. The number of aliphatic imine (C=N–C) groups is 1. The first-order valence-electron chi connectivity index (χ1n) is 4.75. The molecule has 0 saturated carbocycles. The summed E-state index contributed by atoms with van der Waals surface area (Å²) in [5.41, 5.74) is 1.08. The Morgan fingerprint density at radius 1 is 1.08 bits per heavy atom. The Balaban J connectivity index is 0. The van der Waals surface area contributed by atoms with E-state index in [1.807, 2.05) is 53.0 Å². The first-order valence-corrected chi connectivity index (χ1v) is 4.75. The van der Waals surface area contributed by atoms with E-state index < -0.39 is 0 Å². The lowest BCUT2D eigenvalue weighted by Gasteiger charge is -1.79. The van der Waals surface area contributed by atoms with Gasteiger partial charge in [0, 0.05) is 11.9 Å². The molecule has 0 atom stereocenters. The predicted molar refractivity (Wildman–Crippen MR) is 58.7 cm³/mol. The molecule has 0 bridgehead atoms. The lowest BCUT2D eigenvalue weighted by molar-refractivity contribution is 1.38. The van der Waals surface area contributed by atoms with Crippen LogP contribution < -0.4 is 0 Å². The predicted octanol–water partition coefficient (Wildman–Crippen LogP) is 3.97. The Labute approximate surface area is 76.9 Å². The van der Waals surface area contributed by atoms with Gasteiger partial charge in [-0.1, -0.05) is 39.8 Å². The molecule has 1 heteroatoms. The van der Waals surface area contributed by atoms with Crippen molar-refractivity contribution in [2.45, 2.75) is 41.0 Å². The molecule has 1 aliphatic heterocycles. The normalized spacial score (nSPS) is 12.9. The van der Waals surface area contributed by atoms with E-state index in [0.29, 0.717) is 0 Å². The second-order valence-electron chi connectivity index (χ2n) is 1.79. The van der Waals surface area contributed by atoms with Crippen LogP contribution in [0.5, 0.6) is 0 Å². The van der Waals surface area contributed by atoms with Crippen LogP contribution in [0.2, 0.25) is 0 Å². The highest BCUT2D eigenvalue weighted by Crippen LogP contribution is 1.93. The molecule has 12 heavy (non-hydrogen) atoms. The summed E-state index contributed by atoms with van der Waals surface area (Å²) in [5, 5.41) is 0. The number of rotatable bonds is 0. The van der Waals surface area contributed by atoms with E-state index in [9.17, 15) is 0 Å². The van der Waals surface area contributed by atoms with Crippen LogP contribution in [0.1, 0.15) is 41.0 Å². The summed E-state index contributed by atoms with van der Waals surface area (Å²) in [5.74, 6) is 0. The van der Waals surface area contributed by atoms with E-state index in [1.54, 1.807) is 0 Å². The molecular formula is C11H21N. The van der Waals surface area contributed by atoms with E-state index in [1.165, 1.54) is 0 Å². The van der Waals surface area contributed by atoms with Crippen molar-refractivity contribution in [1.29, 1.82) is 0 Å². The van der Waals surface area contributed by atoms with Crippen LogP contribution in [0.25, 0.3) is 0 Å². The molecule has 0 fully saturated rings. The molecule has 0 aromatic rings. The van der Waals surface area contributed by atoms with Gasteiger partial charge < -0.3 is 0 Å². The summed E-state index contributed by atoms with van der Waals surface area (Å²) in [6.07, 6.45) is 9.02. The molecule has 70 valence electrons. The molecule has 0 amide bonds. The first kappa shape index (κ1) is 13.7. The zero-order chi connectivity index (χ0) is 9.82. The zero-order valence-corrected chi connectivity index (χ0v) is 8.96. The van der Waals surface area contributed by atoms with Crippen molar-refractivity contribution in [1.82, 2.24) is 0 Å². The summed E-state index contributed by atoms with van der Waals surface area (Å²) in [6, 6.07) is 0. The SMILES string of the molecule is CC.CC.CC1=NC=CCC=C1. The van der Waals surface area contributed by atoms with Gasteiger partial charge >= 0.3 is 0 Å². The summed E-state index contributed by atoms with van der Waals surface area (Å²) >= 11 is 0. The second-order valence-corrected chi connectivity index (χ2v) is 1.79. The largest absolute Gasteiger partial charge is 0.262 e. The molecule has 0 aliphatic carbocycles. The van der Waals surface area contributed by atoms with E-state index in [4.69, 9.17) is 0 Å². The molecule has 0 N–H and O–H groups in total. The average molecular weight is 167 g/mol. The third-order valence-electron chi connectivity index (χ3n) is 1.01. The highest BCUT2D eigenvalue weighted by atomic mass is 14.7. The van der Waals surface area contributed by atoms with E-state index >= 15 is 0 Å². The molecular weight excluding hydrogens is 146 g/mol. The summed E-state index contributed by atoms with van der Waals surface area (Å²) in [6.45, 7) is 9.99. The topological polar surface area (TPSA) is 12.4 Å². The number of allylic oxidation sites excluding steroid dienone is 3. The van der Waals surface area contributed by atoms with E-state index in [2.05, 4.69) is 11.1 Å². The maximum atomic E-state index is 4.07. The van der Waals surface area contributed by atoms with Gasteiger partial charge in [0.05, 0.1) is 0 Å². The van der Waals surface area contributed by atoms with Gasteiger partial charge in [-0.3, -0.25) is 4.99 Å². The molecule has 0 spiro atoms. The molecule has 0 aromatic carbocycles. The molecule has 1 nitrogen and oxygen atoms in total. The van der Waals surface area contributed by atoms with Crippen LogP contribution in [-0.4, -0.2) is 5.71 Å². The van der Waals surface area contributed by atoms with Gasteiger partial charge in [-0.25, -0.2) is 0 Å². The molecule has 0 saturated heterocycles. The van der Waals surface area contributed by atoms with Crippen LogP contribution >= 0.6 is 0 Å². The third-order valence-corrected chi connectivity index (χ3v) is 1.01. The van der Waals surface area contributed by atoms with Gasteiger partial charge in [0.25, 0.3) is 0 Å².